The van der Waals surface area contributed by atoms with Crippen LogP contribution in [0, 0.1) is 0 Å². The third-order valence-corrected chi connectivity index (χ3v) is 14.6. The molecule has 0 unspecified atom stereocenters. The molecule has 0 saturated carbocycles. The number of guanidine groups is 2. The fourth-order valence-electron chi connectivity index (χ4n) is 10.5. The van der Waals surface area contributed by atoms with Crippen LogP contribution in [0.1, 0.15) is 214 Å². The highest BCUT2D eigenvalue weighted by molar-refractivity contribution is 6.44. The molecule has 6 aromatic rings. The predicted octanol–water partition coefficient (Wildman–Crippen LogP) is 18.5. The summed E-state index contributed by atoms with van der Waals surface area (Å²) in [5.41, 5.74) is 16.6. The molecule has 380 valence electrons. The molecule has 2 fully saturated rings. The van der Waals surface area contributed by atoms with E-state index in [1.165, 1.54) is 0 Å². The highest BCUT2D eigenvalue weighted by Gasteiger charge is 2.48. The lowest BCUT2D eigenvalue weighted by molar-refractivity contribution is 0.252. The molecule has 2 aliphatic rings. The molecule has 73 heavy (non-hydrogen) atoms. The number of carbonyl (C=O) groups is 2. The van der Waals surface area contributed by atoms with E-state index in [1.54, 1.807) is 9.80 Å². The lowest BCUT2D eigenvalue weighted by Gasteiger charge is -2.45. The summed E-state index contributed by atoms with van der Waals surface area (Å²) in [5.74, 6) is 2.99. The summed E-state index contributed by atoms with van der Waals surface area (Å²) in [6.45, 7) is 35.2. The summed E-state index contributed by atoms with van der Waals surface area (Å²) in [6.07, 6.45) is 0.667. The van der Waals surface area contributed by atoms with Crippen LogP contribution in [0.25, 0.3) is 0 Å². The quantitative estimate of drug-likeness (QED) is 0.0969. The zero-order valence-corrected chi connectivity index (χ0v) is 46.4. The van der Waals surface area contributed by atoms with E-state index in [2.05, 4.69) is 208 Å². The van der Waals surface area contributed by atoms with Gasteiger partial charge in [-0.1, -0.05) is 208 Å². The first-order chi connectivity index (χ1) is 34.7. The van der Waals surface area contributed by atoms with E-state index in [4.69, 9.17) is 9.98 Å². The molecule has 0 bridgehead atoms. The van der Waals surface area contributed by atoms with Crippen LogP contribution in [0.2, 0.25) is 0 Å². The molecule has 2 heterocycles. The molecule has 8 rings (SSSR count). The molecule has 0 atom stereocenters. The van der Waals surface area contributed by atoms with Crippen LogP contribution >= 0.6 is 0 Å². The Labute approximate surface area is 436 Å². The number of aliphatic imine (C=N–C) groups is 2. The molecule has 0 spiro atoms. The van der Waals surface area contributed by atoms with Crippen molar-refractivity contribution in [1.29, 1.82) is 0 Å². The van der Waals surface area contributed by atoms with E-state index in [1.807, 2.05) is 34.1 Å². The first-order valence-electron chi connectivity index (χ1n) is 26.9. The van der Waals surface area contributed by atoms with E-state index >= 15 is 0 Å². The number of carbonyl (C=O) groups excluding carboxylic acids is 2. The van der Waals surface area contributed by atoms with Crippen molar-refractivity contribution < 1.29 is 9.59 Å². The summed E-state index contributed by atoms with van der Waals surface area (Å²) < 4.78 is 0. The molecule has 8 heteroatoms. The van der Waals surface area contributed by atoms with Crippen LogP contribution in [-0.4, -0.2) is 24.0 Å². The first-order valence-corrected chi connectivity index (χ1v) is 26.9. The Bertz CT molecular complexity index is 2750. The van der Waals surface area contributed by atoms with E-state index in [9.17, 15) is 9.59 Å². The Morgan fingerprint density at radius 2 is 0.548 bits per heavy atom. The Hall–Kier alpha value is -6.80. The van der Waals surface area contributed by atoms with Crippen molar-refractivity contribution in [3.8, 4) is 0 Å². The van der Waals surface area contributed by atoms with E-state index in [-0.39, 0.29) is 59.4 Å². The summed E-state index contributed by atoms with van der Waals surface area (Å²) in [6, 6.07) is 42.1. The number of benzene rings is 6. The van der Waals surface area contributed by atoms with Crippen molar-refractivity contribution in [3.63, 3.8) is 0 Å². The molecule has 2 aliphatic heterocycles. The second-order valence-electron chi connectivity index (χ2n) is 22.6. The SMILES string of the molecule is CC(C)c1cccc(C(C)C)c1/N=C1\N(c2ccc(Cc3ccc(N4C(=O)N(c5c(C(C)C)cccc5C(C)C)/C4=N/c4c(C(C)C)cccc4C(C)C)cc3)cc2)C(=O)N1c1c(C(C)C)cccc1C(C)C. The Morgan fingerprint density at radius 3 is 0.781 bits per heavy atom. The third-order valence-electron chi connectivity index (χ3n) is 14.6. The summed E-state index contributed by atoms with van der Waals surface area (Å²) in [4.78, 5) is 47.9. The number of amides is 4. The molecule has 2 saturated heterocycles. The number of hydrogen-bond donors (Lipinski definition) is 0. The number of urea groups is 2. The monoisotopic (exact) mass is 975 g/mol. The lowest BCUT2D eigenvalue weighted by Crippen LogP contribution is -2.66. The minimum absolute atomic E-state index is 0.117. The van der Waals surface area contributed by atoms with Crippen molar-refractivity contribution in [3.05, 3.63) is 177 Å². The van der Waals surface area contributed by atoms with Crippen LogP contribution in [0.5, 0.6) is 0 Å². The molecular formula is C65H78N6O2. The molecule has 0 N–H and O–H groups in total. The molecule has 0 aromatic heterocycles. The summed E-state index contributed by atoms with van der Waals surface area (Å²) in [7, 11) is 0. The zero-order chi connectivity index (χ0) is 52.7. The van der Waals surface area contributed by atoms with Crippen molar-refractivity contribution in [2.24, 2.45) is 9.98 Å². The maximum atomic E-state index is 14.8. The minimum Gasteiger partial charge on any atom is -0.247 e. The molecule has 6 aromatic carbocycles. The van der Waals surface area contributed by atoms with Gasteiger partial charge in [-0.25, -0.2) is 39.2 Å². The van der Waals surface area contributed by atoms with Gasteiger partial charge in [0.15, 0.2) is 0 Å². The second-order valence-corrected chi connectivity index (χ2v) is 22.6. The minimum atomic E-state index is -0.117. The van der Waals surface area contributed by atoms with E-state index in [0.29, 0.717) is 18.3 Å². The average Bonchev–Trinajstić information content (AvgIpc) is 3.34. The van der Waals surface area contributed by atoms with E-state index < -0.39 is 0 Å². The Morgan fingerprint density at radius 1 is 0.315 bits per heavy atom. The van der Waals surface area contributed by atoms with Crippen LogP contribution in [0.15, 0.2) is 131 Å². The molecule has 4 amide bonds. The van der Waals surface area contributed by atoms with Gasteiger partial charge in [-0.2, -0.15) is 0 Å². The van der Waals surface area contributed by atoms with Gasteiger partial charge in [0.05, 0.1) is 34.1 Å². The topological polar surface area (TPSA) is 71.8 Å². The second kappa shape index (κ2) is 21.3. The summed E-state index contributed by atoms with van der Waals surface area (Å²) >= 11 is 0. The highest BCUT2D eigenvalue weighted by Crippen LogP contribution is 2.46. The smallest absolute Gasteiger partial charge is 0.247 e. The number of anilines is 4. The van der Waals surface area contributed by atoms with Gasteiger partial charge in [0.1, 0.15) is 0 Å². The van der Waals surface area contributed by atoms with Gasteiger partial charge in [0.2, 0.25) is 11.9 Å². The van der Waals surface area contributed by atoms with Crippen LogP contribution in [-0.2, 0) is 6.42 Å². The Balaban J connectivity index is 1.14. The first kappa shape index (κ1) is 52.5. The van der Waals surface area contributed by atoms with Crippen molar-refractivity contribution in [2.45, 2.75) is 165 Å². The van der Waals surface area contributed by atoms with Crippen molar-refractivity contribution in [2.75, 3.05) is 19.6 Å². The maximum absolute atomic E-state index is 14.8. The van der Waals surface area contributed by atoms with Crippen LogP contribution in [0.4, 0.5) is 43.7 Å². The molecule has 0 radical (unpaired) electrons. The van der Waals surface area contributed by atoms with Gasteiger partial charge in [-0.3, -0.25) is 0 Å². The van der Waals surface area contributed by atoms with Crippen LogP contribution < -0.4 is 19.6 Å². The average molecular weight is 975 g/mol. The lowest BCUT2D eigenvalue weighted by atomic mass is 9.91. The van der Waals surface area contributed by atoms with Crippen LogP contribution in [0.3, 0.4) is 0 Å². The van der Waals surface area contributed by atoms with Gasteiger partial charge in [-0.05, 0) is 134 Å². The normalized spacial score (nSPS) is 15.3. The number of hydrogen-bond acceptors (Lipinski definition) is 4. The van der Waals surface area contributed by atoms with Crippen molar-refractivity contribution >= 4 is 58.1 Å². The van der Waals surface area contributed by atoms with Gasteiger partial charge in [-0.15, -0.1) is 0 Å². The highest BCUT2D eigenvalue weighted by atomic mass is 16.2. The fraction of sp³-hybridized carbons (Fsp3) is 0.385. The van der Waals surface area contributed by atoms with Gasteiger partial charge in [0.25, 0.3) is 0 Å². The molecular weight excluding hydrogens is 897 g/mol. The number of nitrogens with zero attached hydrogens (tertiary/aromatic N) is 6. The maximum Gasteiger partial charge on any atom is 0.343 e. The molecule has 8 nitrogen and oxygen atoms in total. The van der Waals surface area contributed by atoms with Gasteiger partial charge in [0, 0.05) is 0 Å². The molecule has 0 aliphatic carbocycles. The largest absolute Gasteiger partial charge is 0.343 e. The van der Waals surface area contributed by atoms with Crippen molar-refractivity contribution in [1.82, 2.24) is 0 Å². The fourth-order valence-corrected chi connectivity index (χ4v) is 10.5. The number of rotatable bonds is 16. The summed E-state index contributed by atoms with van der Waals surface area (Å²) in [5, 5.41) is 0. The zero-order valence-electron chi connectivity index (χ0n) is 46.4. The van der Waals surface area contributed by atoms with Gasteiger partial charge < -0.3 is 0 Å². The van der Waals surface area contributed by atoms with E-state index in [0.717, 1.165) is 89.8 Å². The van der Waals surface area contributed by atoms with Gasteiger partial charge >= 0.3 is 12.1 Å². The third kappa shape index (κ3) is 10.0. The Kier molecular flexibility index (Phi) is 15.4. The standard InChI is InChI=1S/C65H78N6O2/c1-38(2)50-21-17-22-51(39(3)4)58(50)66-62-68(64(72)70(62)60-54(42(9)10)25-19-26-55(60)43(11)12)48-33-29-46(30-34-48)37-47-31-35-49(36-32-47)69-63(67-59-52(40(5)6)23-18-24-53(59)41(7)8)71(65(69)73)61-56(44(13)14)27-20-28-57(61)45(15)16/h17-36,38-45H,37H2,1-16H3/b66-62+,67-63+. The predicted molar refractivity (Wildman–Crippen MR) is 309 cm³/mol. The number of para-hydroxylation sites is 4.